The molecule has 1 heterocycles. The number of nitrogens with one attached hydrogen (secondary N) is 1. The lowest BCUT2D eigenvalue weighted by Crippen LogP contribution is -2.40. The fraction of sp³-hybridized carbons (Fsp3) is 0.538. The lowest BCUT2D eigenvalue weighted by atomic mass is 9.98. The zero-order chi connectivity index (χ0) is 15.5. The third-order valence-corrected chi connectivity index (χ3v) is 3.16. The second-order valence-electron chi connectivity index (χ2n) is 4.83. The molecule has 1 aliphatic rings. The van der Waals surface area contributed by atoms with Gasteiger partial charge in [0.1, 0.15) is 5.82 Å². The first-order chi connectivity index (χ1) is 9.88. The molecule has 0 spiro atoms. The largest absolute Gasteiger partial charge is 0.481 e. The Morgan fingerprint density at radius 3 is 2.43 bits per heavy atom. The smallest absolute Gasteiger partial charge is 0.451 e. The average Bonchev–Trinajstić information content (AvgIpc) is 2.86. The van der Waals surface area contributed by atoms with Crippen molar-refractivity contribution in [1.29, 1.82) is 0 Å². The van der Waals surface area contributed by atoms with E-state index in [0.717, 1.165) is 0 Å². The van der Waals surface area contributed by atoms with Crippen molar-refractivity contribution in [3.63, 3.8) is 0 Å². The number of methoxy groups -OCH3 is 2. The lowest BCUT2D eigenvalue weighted by molar-refractivity contribution is -0.145. The number of nitrogens with zero attached hydrogens (tertiary/aromatic N) is 2. The Morgan fingerprint density at radius 2 is 1.90 bits per heavy atom. The van der Waals surface area contributed by atoms with Gasteiger partial charge in [-0.2, -0.15) is 18.2 Å². The van der Waals surface area contributed by atoms with Gasteiger partial charge in [0.2, 0.25) is 11.7 Å². The maximum atomic E-state index is 12.8. The highest BCUT2D eigenvalue weighted by molar-refractivity contribution is 5.43. The van der Waals surface area contributed by atoms with Gasteiger partial charge >= 0.3 is 6.18 Å². The third-order valence-electron chi connectivity index (χ3n) is 3.16. The van der Waals surface area contributed by atoms with Gasteiger partial charge in [-0.05, 0) is 12.8 Å². The number of ether oxygens (including phenoxy) is 2. The van der Waals surface area contributed by atoms with Crippen LogP contribution in [-0.2, 0) is 10.9 Å². The van der Waals surface area contributed by atoms with Crippen molar-refractivity contribution in [3.05, 3.63) is 24.0 Å². The van der Waals surface area contributed by atoms with E-state index in [0.29, 0.717) is 19.4 Å². The van der Waals surface area contributed by atoms with Crippen LogP contribution in [0.4, 0.5) is 19.0 Å². The summed E-state index contributed by atoms with van der Waals surface area (Å²) >= 11 is 0. The zero-order valence-corrected chi connectivity index (χ0v) is 11.7. The highest BCUT2D eigenvalue weighted by Gasteiger charge is 2.37. The van der Waals surface area contributed by atoms with E-state index >= 15 is 0 Å². The van der Waals surface area contributed by atoms with Gasteiger partial charge in [-0.15, -0.1) is 0 Å². The lowest BCUT2D eigenvalue weighted by Gasteiger charge is -2.30. The first-order valence-corrected chi connectivity index (χ1v) is 6.31. The van der Waals surface area contributed by atoms with Gasteiger partial charge < -0.3 is 14.8 Å². The molecule has 8 heteroatoms. The van der Waals surface area contributed by atoms with Gasteiger partial charge in [0, 0.05) is 13.2 Å². The van der Waals surface area contributed by atoms with E-state index in [1.165, 1.54) is 13.2 Å². The molecular weight excluding hydrogens is 287 g/mol. The van der Waals surface area contributed by atoms with Gasteiger partial charge in [0.05, 0.1) is 19.3 Å². The minimum absolute atomic E-state index is 0.0647. The normalized spacial score (nSPS) is 17.0. The Morgan fingerprint density at radius 1 is 1.24 bits per heavy atom. The second kappa shape index (κ2) is 5.88. The third kappa shape index (κ3) is 3.63. The minimum atomic E-state index is -4.63. The maximum Gasteiger partial charge on any atom is 0.451 e. The van der Waals surface area contributed by atoms with Gasteiger partial charge in [-0.25, -0.2) is 4.98 Å². The Bertz CT molecular complexity index is 524. The topological polar surface area (TPSA) is 56.3 Å². The standard InChI is InChI=1S/C13H16F3N3O2/c1-20-8-12(5-3-4-6-12)19-9-7-10(21-2)18-11(17-9)13(14,15)16/h3-4,7H,5-6,8H2,1-2H3,(H,17,18,19). The summed E-state index contributed by atoms with van der Waals surface area (Å²) in [5, 5.41) is 3.02. The molecule has 0 saturated heterocycles. The molecule has 1 aromatic rings. The molecule has 0 aliphatic heterocycles. The number of halogens is 3. The highest BCUT2D eigenvalue weighted by atomic mass is 19.4. The van der Waals surface area contributed by atoms with Crippen LogP contribution in [0.25, 0.3) is 0 Å². The molecule has 0 fully saturated rings. The Hall–Kier alpha value is -1.83. The van der Waals surface area contributed by atoms with Crippen molar-refractivity contribution in [1.82, 2.24) is 9.97 Å². The summed E-state index contributed by atoms with van der Waals surface area (Å²) in [6, 6.07) is 1.34. The first-order valence-electron chi connectivity index (χ1n) is 6.31. The zero-order valence-electron chi connectivity index (χ0n) is 11.7. The number of hydrogen-bond donors (Lipinski definition) is 1. The summed E-state index contributed by atoms with van der Waals surface area (Å²) in [6.07, 6.45) is 0.570. The Kier molecular flexibility index (Phi) is 4.36. The van der Waals surface area contributed by atoms with Crippen LogP contribution in [0.3, 0.4) is 0 Å². The Labute approximate surface area is 120 Å². The monoisotopic (exact) mass is 303 g/mol. The molecule has 1 N–H and O–H groups in total. The SMILES string of the molecule is COCC1(Nc2cc(OC)nc(C(F)(F)F)n2)CC=CC1. The molecule has 0 amide bonds. The summed E-state index contributed by atoms with van der Waals surface area (Å²) in [5.74, 6) is -1.31. The molecule has 2 rings (SSSR count). The van der Waals surface area contributed by atoms with Gasteiger partial charge in [0.15, 0.2) is 0 Å². The molecule has 116 valence electrons. The Balaban J connectivity index is 2.30. The summed E-state index contributed by atoms with van der Waals surface area (Å²) < 4.78 is 48.4. The van der Waals surface area contributed by atoms with E-state index in [-0.39, 0.29) is 11.7 Å². The number of alkyl halides is 3. The molecule has 0 bridgehead atoms. The van der Waals surface area contributed by atoms with Crippen molar-refractivity contribution in [2.45, 2.75) is 24.6 Å². The van der Waals surface area contributed by atoms with Crippen LogP contribution in [0.15, 0.2) is 18.2 Å². The fourth-order valence-electron chi connectivity index (χ4n) is 2.23. The van der Waals surface area contributed by atoms with Crippen LogP contribution in [-0.4, -0.2) is 36.3 Å². The quantitative estimate of drug-likeness (QED) is 0.848. The van der Waals surface area contributed by atoms with Crippen LogP contribution in [0.1, 0.15) is 18.7 Å². The first kappa shape index (κ1) is 15.6. The second-order valence-corrected chi connectivity index (χ2v) is 4.83. The minimum Gasteiger partial charge on any atom is -0.481 e. The molecule has 0 saturated carbocycles. The highest BCUT2D eigenvalue weighted by Crippen LogP contribution is 2.32. The van der Waals surface area contributed by atoms with Crippen LogP contribution >= 0.6 is 0 Å². The molecule has 0 aromatic carbocycles. The van der Waals surface area contributed by atoms with Gasteiger partial charge in [-0.1, -0.05) is 12.2 Å². The molecule has 21 heavy (non-hydrogen) atoms. The van der Waals surface area contributed by atoms with Crippen LogP contribution in [0, 0.1) is 0 Å². The predicted molar refractivity (Wildman–Crippen MR) is 70.2 cm³/mol. The van der Waals surface area contributed by atoms with E-state index < -0.39 is 17.5 Å². The van der Waals surface area contributed by atoms with Gasteiger partial charge in [0.25, 0.3) is 0 Å². The predicted octanol–water partition coefficient (Wildman–Crippen LogP) is 2.65. The maximum absolute atomic E-state index is 12.8. The molecule has 0 atom stereocenters. The summed E-state index contributed by atoms with van der Waals surface area (Å²) in [7, 11) is 2.80. The van der Waals surface area contributed by atoms with Crippen molar-refractivity contribution in [2.24, 2.45) is 0 Å². The van der Waals surface area contributed by atoms with Crippen LogP contribution in [0.2, 0.25) is 0 Å². The molecule has 0 unspecified atom stereocenters. The van der Waals surface area contributed by atoms with E-state index in [2.05, 4.69) is 15.3 Å². The van der Waals surface area contributed by atoms with Crippen LogP contribution < -0.4 is 10.1 Å². The summed E-state index contributed by atoms with van der Waals surface area (Å²) in [4.78, 5) is 6.85. The van der Waals surface area contributed by atoms with Crippen LogP contribution in [0.5, 0.6) is 5.88 Å². The van der Waals surface area contributed by atoms with E-state index in [9.17, 15) is 13.2 Å². The van der Waals surface area contributed by atoms with Crippen molar-refractivity contribution < 1.29 is 22.6 Å². The van der Waals surface area contributed by atoms with E-state index in [1.54, 1.807) is 7.11 Å². The van der Waals surface area contributed by atoms with E-state index in [1.807, 2.05) is 12.2 Å². The molecule has 1 aliphatic carbocycles. The number of rotatable bonds is 5. The van der Waals surface area contributed by atoms with Crippen molar-refractivity contribution in [3.8, 4) is 5.88 Å². The van der Waals surface area contributed by atoms with Crippen molar-refractivity contribution >= 4 is 5.82 Å². The molecule has 5 nitrogen and oxygen atoms in total. The fourth-order valence-corrected chi connectivity index (χ4v) is 2.23. The molecule has 1 aromatic heterocycles. The van der Waals surface area contributed by atoms with E-state index in [4.69, 9.17) is 9.47 Å². The summed E-state index contributed by atoms with van der Waals surface area (Å²) in [6.45, 7) is 0.355. The summed E-state index contributed by atoms with van der Waals surface area (Å²) in [5.41, 5.74) is -0.489. The number of anilines is 1. The molecular formula is C13H16F3N3O2. The molecule has 0 radical (unpaired) electrons. The van der Waals surface area contributed by atoms with Gasteiger partial charge in [-0.3, -0.25) is 0 Å². The van der Waals surface area contributed by atoms with Crippen molar-refractivity contribution in [2.75, 3.05) is 26.1 Å². The number of aromatic nitrogens is 2. The average molecular weight is 303 g/mol. The number of hydrogen-bond acceptors (Lipinski definition) is 5.